The Balaban J connectivity index is 1.70. The summed E-state index contributed by atoms with van der Waals surface area (Å²) >= 11 is 0. The summed E-state index contributed by atoms with van der Waals surface area (Å²) in [7, 11) is 2.00. The van der Waals surface area contributed by atoms with Crippen LogP contribution in [0, 0.1) is 0 Å². The Hall–Kier alpha value is -2.74. The van der Waals surface area contributed by atoms with Gasteiger partial charge in [-0.1, -0.05) is 30.3 Å². The van der Waals surface area contributed by atoms with Crippen LogP contribution in [0.1, 0.15) is 11.6 Å². The predicted octanol–water partition coefficient (Wildman–Crippen LogP) is 4.11. The number of urea groups is 1. The maximum atomic E-state index is 12.8. The lowest BCUT2D eigenvalue weighted by Crippen LogP contribution is -2.50. The first-order valence-electron chi connectivity index (χ1n) is 8.49. The summed E-state index contributed by atoms with van der Waals surface area (Å²) in [5, 5.41) is 2.75. The number of likely N-dealkylation sites (N-methyl/N-ethyl adjacent to an activating group) is 1. The van der Waals surface area contributed by atoms with Crippen LogP contribution in [0.4, 0.5) is 23.7 Å². The quantitative estimate of drug-likeness (QED) is 0.873. The summed E-state index contributed by atoms with van der Waals surface area (Å²) in [6, 6.07) is 14.5. The maximum Gasteiger partial charge on any atom is 0.573 e. The Morgan fingerprint density at radius 2 is 1.74 bits per heavy atom. The van der Waals surface area contributed by atoms with Crippen molar-refractivity contribution in [3.05, 3.63) is 60.2 Å². The smallest absolute Gasteiger partial charge is 0.406 e. The molecule has 5 nitrogen and oxygen atoms in total. The molecule has 2 aromatic rings. The van der Waals surface area contributed by atoms with E-state index in [1.807, 2.05) is 37.4 Å². The minimum Gasteiger partial charge on any atom is -0.406 e. The molecule has 3 rings (SSSR count). The SMILES string of the molecule is CN1CCN(C(=O)Nc2ccc(OC(F)(F)F)cc2)C(c2ccccc2)C1. The number of rotatable bonds is 3. The molecule has 1 fully saturated rings. The molecule has 0 radical (unpaired) electrons. The zero-order valence-corrected chi connectivity index (χ0v) is 14.7. The molecule has 1 aliphatic heterocycles. The molecule has 1 N–H and O–H groups in total. The van der Waals surface area contributed by atoms with Crippen LogP contribution in [0.15, 0.2) is 54.6 Å². The van der Waals surface area contributed by atoms with Crippen molar-refractivity contribution in [1.29, 1.82) is 0 Å². The second-order valence-corrected chi connectivity index (χ2v) is 6.38. The monoisotopic (exact) mass is 379 g/mol. The lowest BCUT2D eigenvalue weighted by molar-refractivity contribution is -0.274. The van der Waals surface area contributed by atoms with Gasteiger partial charge in [-0.25, -0.2) is 4.79 Å². The predicted molar refractivity (Wildman–Crippen MR) is 95.5 cm³/mol. The number of hydrogen-bond donors (Lipinski definition) is 1. The largest absolute Gasteiger partial charge is 0.573 e. The molecule has 0 saturated carbocycles. The number of piperazine rings is 1. The molecule has 1 aliphatic rings. The van der Waals surface area contributed by atoms with E-state index in [4.69, 9.17) is 0 Å². The molecule has 1 saturated heterocycles. The Kier molecular flexibility index (Phi) is 5.55. The molecule has 0 spiro atoms. The van der Waals surface area contributed by atoms with Gasteiger partial charge in [0.2, 0.25) is 0 Å². The highest BCUT2D eigenvalue weighted by molar-refractivity contribution is 5.89. The van der Waals surface area contributed by atoms with Crippen LogP contribution in [-0.4, -0.2) is 48.9 Å². The van der Waals surface area contributed by atoms with Gasteiger partial charge in [0.25, 0.3) is 0 Å². The number of alkyl halides is 3. The number of amides is 2. The van der Waals surface area contributed by atoms with Crippen molar-refractivity contribution in [1.82, 2.24) is 9.80 Å². The normalized spacial score (nSPS) is 18.2. The summed E-state index contributed by atoms with van der Waals surface area (Å²) in [5.74, 6) is -0.331. The molecule has 0 aliphatic carbocycles. The average molecular weight is 379 g/mol. The van der Waals surface area contributed by atoms with E-state index in [2.05, 4.69) is 15.0 Å². The molecule has 2 amide bonds. The second kappa shape index (κ2) is 7.87. The summed E-state index contributed by atoms with van der Waals surface area (Å²) in [4.78, 5) is 16.7. The fraction of sp³-hybridized carbons (Fsp3) is 0.316. The number of ether oxygens (including phenoxy) is 1. The van der Waals surface area contributed by atoms with Gasteiger partial charge < -0.3 is 19.9 Å². The Bertz CT molecular complexity index is 766. The lowest BCUT2D eigenvalue weighted by atomic mass is 10.0. The first-order valence-corrected chi connectivity index (χ1v) is 8.49. The summed E-state index contributed by atoms with van der Waals surface area (Å²) in [6.07, 6.45) is -4.74. The van der Waals surface area contributed by atoms with Crippen molar-refractivity contribution < 1.29 is 22.7 Å². The zero-order chi connectivity index (χ0) is 19.4. The average Bonchev–Trinajstić information content (AvgIpc) is 2.63. The van der Waals surface area contributed by atoms with E-state index in [1.165, 1.54) is 24.3 Å². The van der Waals surface area contributed by atoms with E-state index in [0.717, 1.165) is 12.1 Å². The third kappa shape index (κ3) is 5.13. The van der Waals surface area contributed by atoms with Crippen LogP contribution in [0.25, 0.3) is 0 Å². The molecule has 1 unspecified atom stereocenters. The van der Waals surface area contributed by atoms with Crippen LogP contribution >= 0.6 is 0 Å². The number of anilines is 1. The molecule has 1 heterocycles. The molecular formula is C19H20F3N3O2. The van der Waals surface area contributed by atoms with Crippen LogP contribution in [-0.2, 0) is 0 Å². The number of nitrogens with one attached hydrogen (secondary N) is 1. The van der Waals surface area contributed by atoms with Gasteiger partial charge in [-0.2, -0.15) is 0 Å². The number of halogens is 3. The summed E-state index contributed by atoms with van der Waals surface area (Å²) < 4.78 is 40.5. The van der Waals surface area contributed by atoms with Gasteiger partial charge in [-0.3, -0.25) is 0 Å². The fourth-order valence-electron chi connectivity index (χ4n) is 3.06. The van der Waals surface area contributed by atoms with Crippen LogP contribution in [0.2, 0.25) is 0 Å². The summed E-state index contributed by atoms with van der Waals surface area (Å²) in [5.41, 5.74) is 1.44. The first-order chi connectivity index (χ1) is 12.8. The van der Waals surface area contributed by atoms with E-state index in [1.54, 1.807) is 4.90 Å². The maximum absolute atomic E-state index is 12.8. The Labute approximate surface area is 155 Å². The number of benzene rings is 2. The second-order valence-electron chi connectivity index (χ2n) is 6.38. The van der Waals surface area contributed by atoms with Crippen molar-refractivity contribution in [3.63, 3.8) is 0 Å². The lowest BCUT2D eigenvalue weighted by Gasteiger charge is -2.40. The molecule has 0 aromatic heterocycles. The minimum atomic E-state index is -4.74. The van der Waals surface area contributed by atoms with Gasteiger partial charge in [-0.05, 0) is 36.9 Å². The van der Waals surface area contributed by atoms with Crippen LogP contribution in [0.5, 0.6) is 5.75 Å². The zero-order valence-electron chi connectivity index (χ0n) is 14.7. The van der Waals surface area contributed by atoms with E-state index < -0.39 is 6.36 Å². The number of carbonyl (C=O) groups excluding carboxylic acids is 1. The van der Waals surface area contributed by atoms with E-state index >= 15 is 0 Å². The first kappa shape index (κ1) is 19.0. The Morgan fingerprint density at radius 3 is 2.37 bits per heavy atom. The standard InChI is InChI=1S/C19H20F3N3O2/c1-24-11-12-25(17(13-24)14-5-3-2-4-6-14)18(26)23-15-7-9-16(10-8-15)27-19(20,21)22/h2-10,17H,11-13H2,1H3,(H,23,26). The van der Waals surface area contributed by atoms with E-state index in [-0.39, 0.29) is 17.8 Å². The van der Waals surface area contributed by atoms with Crippen molar-refractivity contribution in [2.24, 2.45) is 0 Å². The van der Waals surface area contributed by atoms with Crippen molar-refractivity contribution in [2.75, 3.05) is 32.0 Å². The highest BCUT2D eigenvalue weighted by Crippen LogP contribution is 2.27. The van der Waals surface area contributed by atoms with Crippen molar-refractivity contribution in [3.8, 4) is 5.75 Å². The topological polar surface area (TPSA) is 44.8 Å². The van der Waals surface area contributed by atoms with Crippen molar-refractivity contribution in [2.45, 2.75) is 12.4 Å². The fourth-order valence-corrected chi connectivity index (χ4v) is 3.06. The van der Waals surface area contributed by atoms with Crippen molar-refractivity contribution >= 4 is 11.7 Å². The number of hydrogen-bond acceptors (Lipinski definition) is 3. The Morgan fingerprint density at radius 1 is 1.07 bits per heavy atom. The van der Waals surface area contributed by atoms with E-state index in [0.29, 0.717) is 18.8 Å². The van der Waals surface area contributed by atoms with Crippen LogP contribution in [0.3, 0.4) is 0 Å². The van der Waals surface area contributed by atoms with Gasteiger partial charge in [-0.15, -0.1) is 13.2 Å². The van der Waals surface area contributed by atoms with Gasteiger partial charge in [0, 0.05) is 25.3 Å². The van der Waals surface area contributed by atoms with Gasteiger partial charge >= 0.3 is 12.4 Å². The molecular weight excluding hydrogens is 359 g/mol. The van der Waals surface area contributed by atoms with E-state index in [9.17, 15) is 18.0 Å². The number of carbonyl (C=O) groups is 1. The summed E-state index contributed by atoms with van der Waals surface area (Å²) in [6.45, 7) is 2.00. The van der Waals surface area contributed by atoms with Gasteiger partial charge in [0.15, 0.2) is 0 Å². The van der Waals surface area contributed by atoms with Crippen LogP contribution < -0.4 is 10.1 Å². The highest BCUT2D eigenvalue weighted by Gasteiger charge is 2.32. The number of nitrogens with zero attached hydrogens (tertiary/aromatic N) is 2. The third-order valence-corrected chi connectivity index (χ3v) is 4.37. The minimum absolute atomic E-state index is 0.0993. The molecule has 0 bridgehead atoms. The molecule has 2 aromatic carbocycles. The molecule has 8 heteroatoms. The third-order valence-electron chi connectivity index (χ3n) is 4.37. The van der Waals surface area contributed by atoms with Gasteiger partial charge in [0.05, 0.1) is 6.04 Å². The highest BCUT2D eigenvalue weighted by atomic mass is 19.4. The molecule has 27 heavy (non-hydrogen) atoms. The molecule has 144 valence electrons. The molecule has 1 atom stereocenters. The van der Waals surface area contributed by atoms with Gasteiger partial charge in [0.1, 0.15) is 5.75 Å².